The fourth-order valence-corrected chi connectivity index (χ4v) is 3.27. The number of amides is 1. The highest BCUT2D eigenvalue weighted by Gasteiger charge is 2.14. The van der Waals surface area contributed by atoms with Crippen molar-refractivity contribution in [2.75, 3.05) is 13.7 Å². The SMILES string of the molecule is CCCNS(=O)(=O)c1ccc(C(=O)NCc2ccc(OC)cc2)cc1. The molecule has 0 radical (unpaired) electrons. The Morgan fingerprint density at radius 1 is 1.04 bits per heavy atom. The van der Waals surface area contributed by atoms with Gasteiger partial charge in [0.25, 0.3) is 5.91 Å². The zero-order valence-corrected chi connectivity index (χ0v) is 15.1. The Labute approximate surface area is 148 Å². The van der Waals surface area contributed by atoms with Crippen LogP contribution in [0.4, 0.5) is 0 Å². The average molecular weight is 362 g/mol. The predicted octanol–water partition coefficient (Wildman–Crippen LogP) is 2.31. The molecule has 2 aromatic carbocycles. The molecule has 0 saturated carbocycles. The van der Waals surface area contributed by atoms with Crippen LogP contribution in [0.5, 0.6) is 5.75 Å². The summed E-state index contributed by atoms with van der Waals surface area (Å²) in [6.07, 6.45) is 0.713. The molecule has 0 aromatic heterocycles. The molecule has 25 heavy (non-hydrogen) atoms. The van der Waals surface area contributed by atoms with E-state index in [1.165, 1.54) is 24.3 Å². The van der Waals surface area contributed by atoms with E-state index in [4.69, 9.17) is 4.74 Å². The Kier molecular flexibility index (Phi) is 6.55. The zero-order chi connectivity index (χ0) is 18.3. The molecule has 0 atom stereocenters. The standard InChI is InChI=1S/C18H22N2O4S/c1-3-12-20-25(22,23)17-10-6-15(7-11-17)18(21)19-13-14-4-8-16(24-2)9-5-14/h4-11,20H,3,12-13H2,1-2H3,(H,19,21). The van der Waals surface area contributed by atoms with E-state index in [1.54, 1.807) is 7.11 Å². The highest BCUT2D eigenvalue weighted by atomic mass is 32.2. The molecule has 2 rings (SSSR count). The average Bonchev–Trinajstić information content (AvgIpc) is 2.65. The van der Waals surface area contributed by atoms with Crippen LogP contribution in [0.1, 0.15) is 29.3 Å². The smallest absolute Gasteiger partial charge is 0.251 e. The van der Waals surface area contributed by atoms with Crippen molar-refractivity contribution in [1.29, 1.82) is 0 Å². The van der Waals surface area contributed by atoms with Crippen LogP contribution >= 0.6 is 0 Å². The van der Waals surface area contributed by atoms with Gasteiger partial charge in [-0.15, -0.1) is 0 Å². The molecule has 7 heteroatoms. The Morgan fingerprint density at radius 2 is 1.68 bits per heavy atom. The van der Waals surface area contributed by atoms with Crippen LogP contribution in [0, 0.1) is 0 Å². The Hall–Kier alpha value is -2.38. The van der Waals surface area contributed by atoms with Gasteiger partial charge in [0.05, 0.1) is 12.0 Å². The number of carbonyl (C=O) groups excluding carboxylic acids is 1. The van der Waals surface area contributed by atoms with Gasteiger partial charge in [0.1, 0.15) is 5.75 Å². The van der Waals surface area contributed by atoms with Crippen LogP contribution in [0.3, 0.4) is 0 Å². The number of ether oxygens (including phenoxy) is 1. The lowest BCUT2D eigenvalue weighted by Gasteiger charge is -2.08. The van der Waals surface area contributed by atoms with Crippen LogP contribution in [-0.4, -0.2) is 28.0 Å². The molecule has 2 aromatic rings. The van der Waals surface area contributed by atoms with Crippen LogP contribution in [0.2, 0.25) is 0 Å². The summed E-state index contributed by atoms with van der Waals surface area (Å²) in [5.74, 6) is 0.491. The molecule has 0 aliphatic rings. The topological polar surface area (TPSA) is 84.5 Å². The van der Waals surface area contributed by atoms with Gasteiger partial charge in [0, 0.05) is 18.7 Å². The number of sulfonamides is 1. The number of benzene rings is 2. The van der Waals surface area contributed by atoms with Gasteiger partial charge in [-0.25, -0.2) is 13.1 Å². The first-order chi connectivity index (χ1) is 12.0. The van der Waals surface area contributed by atoms with E-state index in [0.29, 0.717) is 25.1 Å². The maximum Gasteiger partial charge on any atom is 0.251 e. The maximum atomic E-state index is 12.2. The lowest BCUT2D eigenvalue weighted by Crippen LogP contribution is -2.25. The van der Waals surface area contributed by atoms with Gasteiger partial charge in [-0.1, -0.05) is 19.1 Å². The van der Waals surface area contributed by atoms with Crippen molar-refractivity contribution < 1.29 is 17.9 Å². The van der Waals surface area contributed by atoms with Crippen molar-refractivity contribution in [2.45, 2.75) is 24.8 Å². The minimum absolute atomic E-state index is 0.146. The second-order valence-electron chi connectivity index (χ2n) is 5.45. The molecule has 1 amide bonds. The van der Waals surface area contributed by atoms with E-state index in [-0.39, 0.29) is 10.8 Å². The van der Waals surface area contributed by atoms with E-state index in [2.05, 4.69) is 10.0 Å². The molecule has 0 unspecified atom stereocenters. The molecule has 0 heterocycles. The molecule has 0 bridgehead atoms. The van der Waals surface area contributed by atoms with Gasteiger partial charge in [0.2, 0.25) is 10.0 Å². The lowest BCUT2D eigenvalue weighted by molar-refractivity contribution is 0.0951. The summed E-state index contributed by atoms with van der Waals surface area (Å²) in [5.41, 5.74) is 1.35. The van der Waals surface area contributed by atoms with Gasteiger partial charge in [-0.05, 0) is 48.4 Å². The Balaban J connectivity index is 1.97. The third kappa shape index (κ3) is 5.30. The summed E-state index contributed by atoms with van der Waals surface area (Å²) < 4.78 is 31.6. The van der Waals surface area contributed by atoms with E-state index < -0.39 is 10.0 Å². The van der Waals surface area contributed by atoms with Gasteiger partial charge < -0.3 is 10.1 Å². The number of rotatable bonds is 8. The fraction of sp³-hybridized carbons (Fsp3) is 0.278. The third-order valence-electron chi connectivity index (χ3n) is 3.58. The second-order valence-corrected chi connectivity index (χ2v) is 7.22. The first-order valence-corrected chi connectivity index (χ1v) is 9.45. The van der Waals surface area contributed by atoms with E-state index in [1.807, 2.05) is 31.2 Å². The normalized spacial score (nSPS) is 11.1. The number of methoxy groups -OCH3 is 1. The monoisotopic (exact) mass is 362 g/mol. The van der Waals surface area contributed by atoms with E-state index >= 15 is 0 Å². The Morgan fingerprint density at radius 3 is 2.24 bits per heavy atom. The lowest BCUT2D eigenvalue weighted by atomic mass is 10.2. The largest absolute Gasteiger partial charge is 0.497 e. The number of hydrogen-bond acceptors (Lipinski definition) is 4. The molecule has 0 aliphatic heterocycles. The summed E-state index contributed by atoms with van der Waals surface area (Å²) in [4.78, 5) is 12.3. The molecule has 0 aliphatic carbocycles. The fourth-order valence-electron chi connectivity index (χ4n) is 2.13. The van der Waals surface area contributed by atoms with Gasteiger partial charge in [-0.2, -0.15) is 0 Å². The number of nitrogens with one attached hydrogen (secondary N) is 2. The minimum Gasteiger partial charge on any atom is -0.497 e. The summed E-state index contributed by atoms with van der Waals surface area (Å²) in [6.45, 7) is 2.64. The van der Waals surface area contributed by atoms with Crippen molar-refractivity contribution in [3.8, 4) is 5.75 Å². The zero-order valence-electron chi connectivity index (χ0n) is 14.3. The number of hydrogen-bond donors (Lipinski definition) is 2. The maximum absolute atomic E-state index is 12.2. The van der Waals surface area contributed by atoms with Crippen molar-refractivity contribution in [3.05, 3.63) is 59.7 Å². The van der Waals surface area contributed by atoms with Gasteiger partial charge in [0.15, 0.2) is 0 Å². The summed E-state index contributed by atoms with van der Waals surface area (Å²) >= 11 is 0. The van der Waals surface area contributed by atoms with Gasteiger partial charge in [-0.3, -0.25) is 4.79 Å². The molecule has 0 saturated heterocycles. The van der Waals surface area contributed by atoms with E-state index in [9.17, 15) is 13.2 Å². The van der Waals surface area contributed by atoms with E-state index in [0.717, 1.165) is 11.3 Å². The highest BCUT2D eigenvalue weighted by Crippen LogP contribution is 2.12. The molecule has 0 fully saturated rings. The van der Waals surface area contributed by atoms with Crippen LogP contribution in [0.25, 0.3) is 0 Å². The molecular formula is C18H22N2O4S. The van der Waals surface area contributed by atoms with Crippen LogP contribution in [-0.2, 0) is 16.6 Å². The molecule has 6 nitrogen and oxygen atoms in total. The second kappa shape index (κ2) is 8.64. The molecular weight excluding hydrogens is 340 g/mol. The quantitative estimate of drug-likeness (QED) is 0.755. The van der Waals surface area contributed by atoms with Crippen molar-refractivity contribution in [1.82, 2.24) is 10.0 Å². The first kappa shape index (κ1) is 19.0. The van der Waals surface area contributed by atoms with Gasteiger partial charge >= 0.3 is 0 Å². The van der Waals surface area contributed by atoms with Crippen LogP contribution in [0.15, 0.2) is 53.4 Å². The van der Waals surface area contributed by atoms with Crippen LogP contribution < -0.4 is 14.8 Å². The molecule has 0 spiro atoms. The summed E-state index contributed by atoms with van der Waals surface area (Å²) in [6, 6.07) is 13.3. The van der Waals surface area contributed by atoms with Crippen molar-refractivity contribution >= 4 is 15.9 Å². The predicted molar refractivity (Wildman–Crippen MR) is 96.1 cm³/mol. The third-order valence-corrected chi connectivity index (χ3v) is 5.06. The molecule has 2 N–H and O–H groups in total. The molecule has 134 valence electrons. The minimum atomic E-state index is -3.52. The summed E-state index contributed by atoms with van der Waals surface area (Å²) in [7, 11) is -1.92. The Bertz CT molecular complexity index is 800. The van der Waals surface area contributed by atoms with Crippen molar-refractivity contribution in [2.24, 2.45) is 0 Å². The highest BCUT2D eigenvalue weighted by molar-refractivity contribution is 7.89. The summed E-state index contributed by atoms with van der Waals surface area (Å²) in [5, 5.41) is 2.80. The van der Waals surface area contributed by atoms with Crippen molar-refractivity contribution in [3.63, 3.8) is 0 Å². The first-order valence-electron chi connectivity index (χ1n) is 7.97. The number of carbonyl (C=O) groups is 1.